The molecule has 0 saturated heterocycles. The van der Waals surface area contributed by atoms with Crippen LogP contribution in [0.1, 0.15) is 38.3 Å². The van der Waals surface area contributed by atoms with E-state index in [9.17, 15) is 13.2 Å². The van der Waals surface area contributed by atoms with Crippen LogP contribution < -0.4 is 5.32 Å². The zero-order valence-corrected chi connectivity index (χ0v) is 16.8. The van der Waals surface area contributed by atoms with Crippen molar-refractivity contribution in [3.05, 3.63) is 76.0 Å². The van der Waals surface area contributed by atoms with Crippen LogP contribution in [0, 0.1) is 20.8 Å². The smallest absolute Gasteiger partial charge is 0.257 e. The number of para-hydroxylation sites is 1. The fourth-order valence-electron chi connectivity index (χ4n) is 3.84. The molecular formula is C21H21N3O3S. The first-order valence-corrected chi connectivity index (χ1v) is 10.8. The van der Waals surface area contributed by atoms with E-state index >= 15 is 0 Å². The number of carbonyl (C=O) groups excluding carboxylic acids is 1. The van der Waals surface area contributed by atoms with Crippen LogP contribution in [-0.2, 0) is 21.3 Å². The molecule has 1 N–H and O–H groups in total. The lowest BCUT2D eigenvalue weighted by molar-refractivity contribution is 0.102. The van der Waals surface area contributed by atoms with E-state index in [1.807, 2.05) is 63.2 Å². The minimum atomic E-state index is -3.23. The molecule has 1 aliphatic heterocycles. The van der Waals surface area contributed by atoms with Crippen molar-refractivity contribution in [2.75, 3.05) is 5.32 Å². The van der Waals surface area contributed by atoms with Gasteiger partial charge in [0.2, 0.25) is 0 Å². The van der Waals surface area contributed by atoms with E-state index in [2.05, 4.69) is 10.4 Å². The number of fused-ring (bicyclic) bond motifs is 1. The molecule has 1 amide bonds. The number of rotatable bonds is 3. The average molecular weight is 395 g/mol. The number of hydrogen-bond donors (Lipinski definition) is 1. The number of nitrogens with zero attached hydrogens (tertiary/aromatic N) is 2. The first-order valence-electron chi connectivity index (χ1n) is 9.01. The minimum Gasteiger partial charge on any atom is -0.306 e. The molecule has 2 heterocycles. The van der Waals surface area contributed by atoms with Crippen LogP contribution >= 0.6 is 0 Å². The quantitative estimate of drug-likeness (QED) is 0.736. The number of benzene rings is 2. The Hall–Kier alpha value is -2.93. The summed E-state index contributed by atoms with van der Waals surface area (Å²) in [5.41, 5.74) is 5.28. The van der Waals surface area contributed by atoms with Crippen molar-refractivity contribution in [3.63, 3.8) is 0 Å². The third-order valence-electron chi connectivity index (χ3n) is 4.92. The van der Waals surface area contributed by atoms with Crippen LogP contribution in [0.5, 0.6) is 0 Å². The summed E-state index contributed by atoms with van der Waals surface area (Å²) in [5.74, 6) is -0.0598. The Bertz CT molecular complexity index is 1170. The molecule has 0 fully saturated rings. The Labute approximate surface area is 164 Å². The van der Waals surface area contributed by atoms with Crippen molar-refractivity contribution < 1.29 is 13.2 Å². The van der Waals surface area contributed by atoms with Gasteiger partial charge in [0.1, 0.15) is 5.82 Å². The topological polar surface area (TPSA) is 81.1 Å². The Morgan fingerprint density at radius 3 is 2.32 bits per heavy atom. The lowest BCUT2D eigenvalue weighted by Crippen LogP contribution is -2.19. The molecule has 1 aliphatic rings. The molecule has 144 valence electrons. The number of amides is 1. The van der Waals surface area contributed by atoms with E-state index in [1.165, 1.54) is 0 Å². The molecule has 0 spiro atoms. The van der Waals surface area contributed by atoms with E-state index in [0.29, 0.717) is 22.6 Å². The van der Waals surface area contributed by atoms with E-state index < -0.39 is 9.84 Å². The van der Waals surface area contributed by atoms with Crippen molar-refractivity contribution in [2.24, 2.45) is 0 Å². The second kappa shape index (κ2) is 6.60. The van der Waals surface area contributed by atoms with Crippen LogP contribution in [0.25, 0.3) is 5.69 Å². The van der Waals surface area contributed by atoms with E-state index in [0.717, 1.165) is 22.4 Å². The van der Waals surface area contributed by atoms with E-state index in [1.54, 1.807) is 4.68 Å². The first-order chi connectivity index (χ1) is 13.2. The van der Waals surface area contributed by atoms with Gasteiger partial charge in [0.05, 0.1) is 22.9 Å². The Balaban J connectivity index is 1.81. The highest BCUT2D eigenvalue weighted by molar-refractivity contribution is 7.90. The summed E-state index contributed by atoms with van der Waals surface area (Å²) in [6.07, 6.45) is 0. The van der Waals surface area contributed by atoms with Gasteiger partial charge in [0.25, 0.3) is 5.91 Å². The van der Waals surface area contributed by atoms with Gasteiger partial charge >= 0.3 is 0 Å². The van der Waals surface area contributed by atoms with Gasteiger partial charge in [-0.1, -0.05) is 35.9 Å². The van der Waals surface area contributed by atoms with Crippen molar-refractivity contribution in [1.29, 1.82) is 0 Å². The zero-order valence-electron chi connectivity index (χ0n) is 16.0. The van der Waals surface area contributed by atoms with Crippen LogP contribution in [-0.4, -0.2) is 24.1 Å². The molecule has 0 aliphatic carbocycles. The summed E-state index contributed by atoms with van der Waals surface area (Å²) in [7, 11) is -3.23. The average Bonchev–Trinajstić information content (AvgIpc) is 3.07. The first kappa shape index (κ1) is 18.4. The molecule has 1 aromatic heterocycles. The number of sulfone groups is 1. The SMILES string of the molecule is Cc1cc(C)c(C(=O)Nc2c3c(nn2-c2ccccc2)CS(=O)(=O)C3)c(C)c1. The number of aryl methyl sites for hydroxylation is 3. The second-order valence-corrected chi connectivity index (χ2v) is 9.35. The van der Waals surface area contributed by atoms with Crippen molar-refractivity contribution in [2.45, 2.75) is 32.3 Å². The van der Waals surface area contributed by atoms with E-state index in [-0.39, 0.29) is 17.4 Å². The van der Waals surface area contributed by atoms with Gasteiger partial charge in [-0.3, -0.25) is 4.79 Å². The predicted molar refractivity (Wildman–Crippen MR) is 108 cm³/mol. The maximum Gasteiger partial charge on any atom is 0.257 e. The summed E-state index contributed by atoms with van der Waals surface area (Å²) < 4.78 is 25.8. The molecule has 0 radical (unpaired) electrons. The van der Waals surface area contributed by atoms with Crippen LogP contribution in [0.2, 0.25) is 0 Å². The third-order valence-corrected chi connectivity index (χ3v) is 6.37. The molecule has 2 aromatic carbocycles. The van der Waals surface area contributed by atoms with Crippen molar-refractivity contribution in [1.82, 2.24) is 9.78 Å². The number of anilines is 1. The molecule has 28 heavy (non-hydrogen) atoms. The number of nitrogens with one attached hydrogen (secondary N) is 1. The second-order valence-electron chi connectivity index (χ2n) is 7.28. The van der Waals surface area contributed by atoms with Gasteiger partial charge in [0, 0.05) is 11.1 Å². The van der Waals surface area contributed by atoms with Gasteiger partial charge in [-0.25, -0.2) is 13.1 Å². The van der Waals surface area contributed by atoms with Gasteiger partial charge in [-0.05, 0) is 44.0 Å². The summed E-state index contributed by atoms with van der Waals surface area (Å²) in [4.78, 5) is 13.1. The molecule has 7 heteroatoms. The molecule has 0 unspecified atom stereocenters. The Morgan fingerprint density at radius 2 is 1.68 bits per heavy atom. The molecule has 0 bridgehead atoms. The maximum atomic E-state index is 13.1. The monoisotopic (exact) mass is 395 g/mol. The highest BCUT2D eigenvalue weighted by Gasteiger charge is 2.33. The van der Waals surface area contributed by atoms with Gasteiger partial charge in [-0.2, -0.15) is 5.10 Å². The standard InChI is InChI=1S/C21H21N3O3S/c1-13-9-14(2)19(15(3)10-13)21(25)22-20-17-11-28(26,27)12-18(17)23-24(20)16-7-5-4-6-8-16/h4-10H,11-12H2,1-3H3,(H,22,25). The largest absolute Gasteiger partial charge is 0.306 e. The Morgan fingerprint density at radius 1 is 1.04 bits per heavy atom. The van der Waals surface area contributed by atoms with Crippen molar-refractivity contribution >= 4 is 21.6 Å². The normalized spacial score (nSPS) is 14.7. The van der Waals surface area contributed by atoms with Crippen LogP contribution in [0.3, 0.4) is 0 Å². The highest BCUT2D eigenvalue weighted by atomic mass is 32.2. The van der Waals surface area contributed by atoms with Crippen LogP contribution in [0.4, 0.5) is 5.82 Å². The summed E-state index contributed by atoms with van der Waals surface area (Å²) >= 11 is 0. The highest BCUT2D eigenvalue weighted by Crippen LogP contribution is 2.33. The molecule has 0 saturated carbocycles. The third kappa shape index (κ3) is 3.22. The Kier molecular flexibility index (Phi) is 4.34. The van der Waals surface area contributed by atoms with E-state index in [4.69, 9.17) is 0 Å². The molecule has 0 atom stereocenters. The minimum absolute atomic E-state index is 0.104. The van der Waals surface area contributed by atoms with Crippen molar-refractivity contribution in [3.8, 4) is 5.69 Å². The number of aromatic nitrogens is 2. The van der Waals surface area contributed by atoms with Gasteiger partial charge in [-0.15, -0.1) is 0 Å². The fraction of sp³-hybridized carbons (Fsp3) is 0.238. The van der Waals surface area contributed by atoms with Crippen LogP contribution in [0.15, 0.2) is 42.5 Å². The summed E-state index contributed by atoms with van der Waals surface area (Å²) in [5, 5.41) is 7.43. The van der Waals surface area contributed by atoms with Gasteiger partial charge in [0.15, 0.2) is 9.84 Å². The lowest BCUT2D eigenvalue weighted by Gasteiger charge is -2.14. The zero-order chi connectivity index (χ0) is 20.1. The molecule has 3 aromatic rings. The summed E-state index contributed by atoms with van der Waals surface area (Å²) in [6, 6.07) is 13.3. The predicted octanol–water partition coefficient (Wildman–Crippen LogP) is 3.48. The lowest BCUT2D eigenvalue weighted by atomic mass is 9.99. The number of hydrogen-bond acceptors (Lipinski definition) is 4. The molecular weight excluding hydrogens is 374 g/mol. The van der Waals surface area contributed by atoms with Gasteiger partial charge < -0.3 is 5.32 Å². The fourth-order valence-corrected chi connectivity index (χ4v) is 5.33. The maximum absolute atomic E-state index is 13.1. The molecule has 6 nitrogen and oxygen atoms in total. The summed E-state index contributed by atoms with van der Waals surface area (Å²) in [6.45, 7) is 5.79. The molecule has 4 rings (SSSR count). The number of carbonyl (C=O) groups is 1.